The minimum atomic E-state index is 0.756. The summed E-state index contributed by atoms with van der Waals surface area (Å²) in [7, 11) is 0. The number of hydrogen-bond acceptors (Lipinski definition) is 3. The summed E-state index contributed by atoms with van der Waals surface area (Å²) in [6.07, 6.45) is 5.17. The molecule has 0 aliphatic rings. The summed E-state index contributed by atoms with van der Waals surface area (Å²) < 4.78 is 0. The number of nitrogens with one attached hydrogen (secondary N) is 1. The van der Waals surface area contributed by atoms with E-state index in [0.29, 0.717) is 0 Å². The first-order valence-electron chi connectivity index (χ1n) is 4.89. The smallest absolute Gasteiger partial charge is 0.115 e. The van der Waals surface area contributed by atoms with Crippen LogP contribution in [0.15, 0.2) is 43.0 Å². The minimum absolute atomic E-state index is 0.756. The van der Waals surface area contributed by atoms with Gasteiger partial charge < -0.3 is 5.32 Å². The molecule has 0 atom stereocenters. The SMILES string of the molecule is Cc1ccccc1NCc1cncnc1. The van der Waals surface area contributed by atoms with Gasteiger partial charge in [0.15, 0.2) is 0 Å². The maximum Gasteiger partial charge on any atom is 0.115 e. The third kappa shape index (κ3) is 2.53. The Morgan fingerprint density at radius 1 is 1.13 bits per heavy atom. The molecule has 1 N–H and O–H groups in total. The van der Waals surface area contributed by atoms with Crippen LogP contribution in [-0.2, 0) is 6.54 Å². The normalized spacial score (nSPS) is 9.93. The van der Waals surface area contributed by atoms with Crippen LogP contribution in [0, 0.1) is 6.92 Å². The molecule has 0 bridgehead atoms. The van der Waals surface area contributed by atoms with Gasteiger partial charge in [-0.1, -0.05) is 18.2 Å². The van der Waals surface area contributed by atoms with Gasteiger partial charge in [0.25, 0.3) is 0 Å². The van der Waals surface area contributed by atoms with Crippen molar-refractivity contribution in [3.8, 4) is 0 Å². The van der Waals surface area contributed by atoms with Gasteiger partial charge in [0, 0.05) is 30.2 Å². The minimum Gasteiger partial charge on any atom is -0.381 e. The average Bonchev–Trinajstić information content (AvgIpc) is 2.29. The third-order valence-electron chi connectivity index (χ3n) is 2.24. The summed E-state index contributed by atoms with van der Waals surface area (Å²) in [5.41, 5.74) is 3.48. The third-order valence-corrected chi connectivity index (χ3v) is 2.24. The standard InChI is InChI=1S/C12H13N3/c1-10-4-2-3-5-12(10)15-8-11-6-13-9-14-7-11/h2-7,9,15H,8H2,1H3. The Bertz CT molecular complexity index is 426. The van der Waals surface area contributed by atoms with E-state index in [4.69, 9.17) is 0 Å². The Balaban J connectivity index is 2.03. The summed E-state index contributed by atoms with van der Waals surface area (Å²) in [6, 6.07) is 8.21. The highest BCUT2D eigenvalue weighted by Crippen LogP contribution is 2.13. The zero-order chi connectivity index (χ0) is 10.5. The number of benzene rings is 1. The van der Waals surface area contributed by atoms with E-state index in [1.54, 1.807) is 0 Å². The number of rotatable bonds is 3. The van der Waals surface area contributed by atoms with Crippen LogP contribution in [-0.4, -0.2) is 9.97 Å². The van der Waals surface area contributed by atoms with Crippen molar-refractivity contribution in [1.29, 1.82) is 0 Å². The lowest BCUT2D eigenvalue weighted by Crippen LogP contribution is -2.01. The maximum atomic E-state index is 3.97. The molecule has 15 heavy (non-hydrogen) atoms. The molecule has 1 heterocycles. The van der Waals surface area contributed by atoms with Crippen molar-refractivity contribution in [3.63, 3.8) is 0 Å². The molecule has 0 radical (unpaired) electrons. The van der Waals surface area contributed by atoms with Gasteiger partial charge in [0.2, 0.25) is 0 Å². The number of aryl methyl sites for hydroxylation is 1. The van der Waals surface area contributed by atoms with Crippen molar-refractivity contribution >= 4 is 5.69 Å². The van der Waals surface area contributed by atoms with Crippen LogP contribution >= 0.6 is 0 Å². The molecule has 3 heteroatoms. The molecule has 3 nitrogen and oxygen atoms in total. The van der Waals surface area contributed by atoms with E-state index in [9.17, 15) is 0 Å². The lowest BCUT2D eigenvalue weighted by molar-refractivity contribution is 1.05. The zero-order valence-corrected chi connectivity index (χ0v) is 8.64. The number of anilines is 1. The molecule has 1 aromatic carbocycles. The Hall–Kier alpha value is -1.90. The average molecular weight is 199 g/mol. The van der Waals surface area contributed by atoms with Gasteiger partial charge in [-0.2, -0.15) is 0 Å². The van der Waals surface area contributed by atoms with E-state index in [1.807, 2.05) is 24.5 Å². The van der Waals surface area contributed by atoms with E-state index in [2.05, 4.69) is 34.3 Å². The highest BCUT2D eigenvalue weighted by molar-refractivity contribution is 5.50. The first-order valence-corrected chi connectivity index (χ1v) is 4.89. The molecular formula is C12H13N3. The van der Waals surface area contributed by atoms with E-state index in [-0.39, 0.29) is 0 Å². The van der Waals surface area contributed by atoms with Gasteiger partial charge in [-0.25, -0.2) is 9.97 Å². The van der Waals surface area contributed by atoms with Crippen molar-refractivity contribution in [2.75, 3.05) is 5.32 Å². The van der Waals surface area contributed by atoms with Crippen molar-refractivity contribution in [2.24, 2.45) is 0 Å². The second kappa shape index (κ2) is 4.55. The van der Waals surface area contributed by atoms with Crippen molar-refractivity contribution in [3.05, 3.63) is 54.1 Å². The molecule has 0 saturated heterocycles. The Kier molecular flexibility index (Phi) is 2.93. The van der Waals surface area contributed by atoms with Crippen LogP contribution in [0.25, 0.3) is 0 Å². The van der Waals surface area contributed by atoms with Crippen LogP contribution in [0.5, 0.6) is 0 Å². The Labute approximate surface area is 89.2 Å². The van der Waals surface area contributed by atoms with Crippen molar-refractivity contribution in [2.45, 2.75) is 13.5 Å². The second-order valence-corrected chi connectivity index (χ2v) is 3.42. The number of nitrogens with zero attached hydrogens (tertiary/aromatic N) is 2. The van der Waals surface area contributed by atoms with E-state index >= 15 is 0 Å². The molecule has 0 amide bonds. The largest absolute Gasteiger partial charge is 0.381 e. The molecular weight excluding hydrogens is 186 g/mol. The molecule has 0 aliphatic heterocycles. The number of para-hydroxylation sites is 1. The summed E-state index contributed by atoms with van der Waals surface area (Å²) in [6.45, 7) is 2.84. The molecule has 2 aromatic rings. The van der Waals surface area contributed by atoms with Gasteiger partial charge in [-0.15, -0.1) is 0 Å². The molecule has 0 saturated carbocycles. The molecule has 0 spiro atoms. The zero-order valence-electron chi connectivity index (χ0n) is 8.64. The first kappa shape index (κ1) is 9.65. The van der Waals surface area contributed by atoms with Gasteiger partial charge in [-0.05, 0) is 18.6 Å². The number of hydrogen-bond donors (Lipinski definition) is 1. The molecule has 2 rings (SSSR count). The predicted molar refractivity (Wildman–Crippen MR) is 60.5 cm³/mol. The van der Waals surface area contributed by atoms with Crippen molar-refractivity contribution < 1.29 is 0 Å². The van der Waals surface area contributed by atoms with Gasteiger partial charge in [-0.3, -0.25) is 0 Å². The predicted octanol–water partition coefficient (Wildman–Crippen LogP) is 2.40. The van der Waals surface area contributed by atoms with Crippen LogP contribution in [0.3, 0.4) is 0 Å². The molecule has 0 unspecified atom stereocenters. The summed E-state index contributed by atoms with van der Waals surface area (Å²) in [4.78, 5) is 7.94. The highest BCUT2D eigenvalue weighted by atomic mass is 14.9. The second-order valence-electron chi connectivity index (χ2n) is 3.42. The number of aromatic nitrogens is 2. The van der Waals surface area contributed by atoms with E-state index in [1.165, 1.54) is 11.9 Å². The maximum absolute atomic E-state index is 3.97. The van der Waals surface area contributed by atoms with Crippen molar-refractivity contribution in [1.82, 2.24) is 9.97 Å². The van der Waals surface area contributed by atoms with Crippen LogP contribution in [0.4, 0.5) is 5.69 Å². The summed E-state index contributed by atoms with van der Waals surface area (Å²) in [5, 5.41) is 3.35. The van der Waals surface area contributed by atoms with Gasteiger partial charge in [0.05, 0.1) is 0 Å². The van der Waals surface area contributed by atoms with Crippen LogP contribution in [0.2, 0.25) is 0 Å². The van der Waals surface area contributed by atoms with Gasteiger partial charge in [0.1, 0.15) is 6.33 Å². The lowest BCUT2D eigenvalue weighted by Gasteiger charge is -2.08. The fourth-order valence-corrected chi connectivity index (χ4v) is 1.39. The summed E-state index contributed by atoms with van der Waals surface area (Å²) >= 11 is 0. The molecule has 0 aliphatic carbocycles. The van der Waals surface area contributed by atoms with Crippen LogP contribution in [0.1, 0.15) is 11.1 Å². The molecule has 76 valence electrons. The topological polar surface area (TPSA) is 37.8 Å². The van der Waals surface area contributed by atoms with E-state index in [0.717, 1.165) is 17.8 Å². The lowest BCUT2D eigenvalue weighted by atomic mass is 10.2. The summed E-state index contributed by atoms with van der Waals surface area (Å²) in [5.74, 6) is 0. The fourth-order valence-electron chi connectivity index (χ4n) is 1.39. The molecule has 0 fully saturated rings. The van der Waals surface area contributed by atoms with Crippen LogP contribution < -0.4 is 5.32 Å². The van der Waals surface area contributed by atoms with E-state index < -0.39 is 0 Å². The Morgan fingerprint density at radius 2 is 1.87 bits per heavy atom. The first-order chi connectivity index (χ1) is 7.36. The highest BCUT2D eigenvalue weighted by Gasteiger charge is 1.96. The quantitative estimate of drug-likeness (QED) is 0.824. The monoisotopic (exact) mass is 199 g/mol. The molecule has 1 aromatic heterocycles. The Morgan fingerprint density at radius 3 is 2.60 bits per heavy atom. The fraction of sp³-hybridized carbons (Fsp3) is 0.167. The van der Waals surface area contributed by atoms with Gasteiger partial charge >= 0.3 is 0 Å².